The van der Waals surface area contributed by atoms with Gasteiger partial charge in [0.05, 0.1) is 35.8 Å². The Hall–Kier alpha value is -3.40. The molecule has 0 bridgehead atoms. The fraction of sp³-hybridized carbons (Fsp3) is 0.423. The van der Waals surface area contributed by atoms with E-state index >= 15 is 0 Å². The molecule has 4 aromatic rings. The number of ether oxygens (including phenoxy) is 1. The quantitative estimate of drug-likeness (QED) is 0.325. The summed E-state index contributed by atoms with van der Waals surface area (Å²) >= 11 is 0. The van der Waals surface area contributed by atoms with Crippen LogP contribution in [0.2, 0.25) is 0 Å². The maximum Gasteiger partial charge on any atom is 0.182 e. The monoisotopic (exact) mass is 496 g/mol. The molecule has 10 heteroatoms. The molecule has 1 aromatic carbocycles. The van der Waals surface area contributed by atoms with Gasteiger partial charge in [-0.25, -0.2) is 33.1 Å². The maximum atomic E-state index is 13.9. The van der Waals surface area contributed by atoms with E-state index in [4.69, 9.17) is 4.74 Å². The van der Waals surface area contributed by atoms with E-state index in [1.54, 1.807) is 13.8 Å². The highest BCUT2D eigenvalue weighted by Crippen LogP contribution is 2.36. The van der Waals surface area contributed by atoms with E-state index in [-0.39, 0.29) is 22.4 Å². The fourth-order valence-electron chi connectivity index (χ4n) is 4.25. The summed E-state index contributed by atoms with van der Waals surface area (Å²) in [6.45, 7) is 5.67. The molecule has 4 heterocycles. The fourth-order valence-corrected chi connectivity index (χ4v) is 4.25. The third-order valence-corrected chi connectivity index (χ3v) is 6.53. The second-order valence-electron chi connectivity index (χ2n) is 9.39. The SMILES string of the molecule is CC1CCCC(c2cnn(C3CC3)c2)O1.Cc1nc2ncnc(-c3cc(F)c(F)cc3F)c2nc1C. The molecule has 2 fully saturated rings. The Bertz CT molecular complexity index is 1400. The van der Waals surface area contributed by atoms with Crippen molar-refractivity contribution in [2.75, 3.05) is 0 Å². The summed E-state index contributed by atoms with van der Waals surface area (Å²) in [6.07, 6.45) is 12.3. The summed E-state index contributed by atoms with van der Waals surface area (Å²) in [5, 5.41) is 4.42. The van der Waals surface area contributed by atoms with Crippen LogP contribution in [0.25, 0.3) is 22.4 Å². The molecular formula is C26H27F3N6O. The van der Waals surface area contributed by atoms with Crippen LogP contribution in [0.15, 0.2) is 30.9 Å². The van der Waals surface area contributed by atoms with Gasteiger partial charge in [-0.1, -0.05) is 0 Å². The van der Waals surface area contributed by atoms with Crippen LogP contribution in [0.4, 0.5) is 13.2 Å². The van der Waals surface area contributed by atoms with Gasteiger partial charge in [0, 0.05) is 23.4 Å². The van der Waals surface area contributed by atoms with E-state index in [1.807, 2.05) is 6.20 Å². The second-order valence-corrected chi connectivity index (χ2v) is 9.39. The highest BCUT2D eigenvalue weighted by atomic mass is 19.2. The first-order chi connectivity index (χ1) is 17.3. The number of benzene rings is 1. The molecule has 188 valence electrons. The van der Waals surface area contributed by atoms with E-state index in [0.29, 0.717) is 35.7 Å². The van der Waals surface area contributed by atoms with Crippen LogP contribution in [0.3, 0.4) is 0 Å². The van der Waals surface area contributed by atoms with Crippen molar-refractivity contribution in [2.24, 2.45) is 0 Å². The summed E-state index contributed by atoms with van der Waals surface area (Å²) in [7, 11) is 0. The Kier molecular flexibility index (Phi) is 6.70. The zero-order valence-electron chi connectivity index (χ0n) is 20.4. The Morgan fingerprint density at radius 3 is 2.42 bits per heavy atom. The summed E-state index contributed by atoms with van der Waals surface area (Å²) in [5.41, 5.74) is 2.98. The van der Waals surface area contributed by atoms with Gasteiger partial charge in [0.2, 0.25) is 0 Å². The minimum absolute atomic E-state index is 0.0759. The van der Waals surface area contributed by atoms with Gasteiger partial charge in [0.25, 0.3) is 0 Å². The summed E-state index contributed by atoms with van der Waals surface area (Å²) in [4.78, 5) is 16.4. The first-order valence-corrected chi connectivity index (χ1v) is 12.1. The molecular weight excluding hydrogens is 469 g/mol. The minimum atomic E-state index is -1.26. The Morgan fingerprint density at radius 1 is 0.917 bits per heavy atom. The molecule has 0 N–H and O–H groups in total. The summed E-state index contributed by atoms with van der Waals surface area (Å²) < 4.78 is 48.3. The molecule has 7 nitrogen and oxygen atoms in total. The highest BCUT2D eigenvalue weighted by molar-refractivity contribution is 5.86. The lowest BCUT2D eigenvalue weighted by molar-refractivity contribution is -0.0414. The van der Waals surface area contributed by atoms with E-state index in [9.17, 15) is 13.2 Å². The Morgan fingerprint density at radius 2 is 1.67 bits per heavy atom. The van der Waals surface area contributed by atoms with Crippen LogP contribution < -0.4 is 0 Å². The molecule has 2 aliphatic rings. The molecule has 0 amide bonds. The topological polar surface area (TPSA) is 78.6 Å². The first kappa shape index (κ1) is 24.3. The third kappa shape index (κ3) is 5.09. The average molecular weight is 497 g/mol. The lowest BCUT2D eigenvalue weighted by Gasteiger charge is -2.26. The van der Waals surface area contributed by atoms with Crippen molar-refractivity contribution in [3.63, 3.8) is 0 Å². The van der Waals surface area contributed by atoms with Crippen LogP contribution in [-0.2, 0) is 4.74 Å². The van der Waals surface area contributed by atoms with Crippen LogP contribution in [0.5, 0.6) is 0 Å². The number of aryl methyl sites for hydroxylation is 2. The highest BCUT2D eigenvalue weighted by Gasteiger charge is 2.27. The number of hydrogen-bond donors (Lipinski definition) is 0. The molecule has 1 saturated heterocycles. The molecule has 1 aliphatic carbocycles. The van der Waals surface area contributed by atoms with E-state index in [2.05, 4.69) is 42.8 Å². The number of halogens is 3. The first-order valence-electron chi connectivity index (χ1n) is 12.1. The van der Waals surface area contributed by atoms with Gasteiger partial charge in [-0.15, -0.1) is 0 Å². The van der Waals surface area contributed by atoms with E-state index in [1.165, 1.54) is 37.6 Å². The number of hydrogen-bond acceptors (Lipinski definition) is 6. The van der Waals surface area contributed by atoms with Crippen molar-refractivity contribution in [2.45, 2.75) is 71.1 Å². The number of nitrogens with zero attached hydrogens (tertiary/aromatic N) is 6. The normalized spacial score (nSPS) is 19.7. The van der Waals surface area contributed by atoms with Crippen molar-refractivity contribution in [3.8, 4) is 11.3 Å². The predicted octanol–water partition coefficient (Wildman–Crippen LogP) is 5.97. The summed E-state index contributed by atoms with van der Waals surface area (Å²) in [6, 6.07) is 1.91. The van der Waals surface area contributed by atoms with Gasteiger partial charge in [0.15, 0.2) is 17.3 Å². The molecule has 2 unspecified atom stereocenters. The Labute approximate surface area is 206 Å². The number of fused-ring (bicyclic) bond motifs is 1. The maximum absolute atomic E-state index is 13.9. The zero-order chi connectivity index (χ0) is 25.4. The molecule has 1 aliphatic heterocycles. The molecule has 0 radical (unpaired) electrons. The molecule has 1 saturated carbocycles. The van der Waals surface area contributed by atoms with Crippen molar-refractivity contribution >= 4 is 11.2 Å². The molecule has 36 heavy (non-hydrogen) atoms. The standard InChI is InChI=1S/C14H9F3N4.C12H18N2O/c1-6-7(2)21-14-13(20-6)12(18-5-19-14)8-3-10(16)11(17)4-9(8)15;1-9-3-2-4-12(15-9)10-7-13-14(8-10)11-5-6-11/h3-5H,1-2H3;7-9,11-12H,2-6H2,1H3. The third-order valence-electron chi connectivity index (χ3n) is 6.53. The molecule has 0 spiro atoms. The average Bonchev–Trinajstić information content (AvgIpc) is 3.58. The van der Waals surface area contributed by atoms with Gasteiger partial charge in [-0.05, 0) is 58.9 Å². The van der Waals surface area contributed by atoms with Crippen molar-refractivity contribution in [1.82, 2.24) is 29.7 Å². The van der Waals surface area contributed by atoms with Crippen molar-refractivity contribution < 1.29 is 17.9 Å². The van der Waals surface area contributed by atoms with Gasteiger partial charge in [-0.2, -0.15) is 5.10 Å². The lowest BCUT2D eigenvalue weighted by Crippen LogP contribution is -2.18. The van der Waals surface area contributed by atoms with Gasteiger partial charge >= 0.3 is 0 Å². The summed E-state index contributed by atoms with van der Waals surface area (Å²) in [5.74, 6) is -3.34. The number of aromatic nitrogens is 6. The largest absolute Gasteiger partial charge is 0.370 e. The van der Waals surface area contributed by atoms with Crippen LogP contribution in [-0.4, -0.2) is 35.8 Å². The predicted molar refractivity (Wildman–Crippen MR) is 128 cm³/mol. The van der Waals surface area contributed by atoms with Gasteiger partial charge in [-0.3, -0.25) is 4.68 Å². The Balaban J connectivity index is 0.000000156. The van der Waals surface area contributed by atoms with E-state index < -0.39 is 17.5 Å². The van der Waals surface area contributed by atoms with Gasteiger partial charge < -0.3 is 4.74 Å². The van der Waals surface area contributed by atoms with Crippen molar-refractivity contribution in [3.05, 3.63) is 65.3 Å². The number of rotatable bonds is 3. The second kappa shape index (κ2) is 9.93. The smallest absolute Gasteiger partial charge is 0.182 e. The molecule has 2 atom stereocenters. The molecule has 3 aromatic heterocycles. The molecule has 6 rings (SSSR count). The minimum Gasteiger partial charge on any atom is -0.370 e. The van der Waals surface area contributed by atoms with Crippen LogP contribution >= 0.6 is 0 Å². The lowest BCUT2D eigenvalue weighted by atomic mass is 10.0. The van der Waals surface area contributed by atoms with Gasteiger partial charge in [0.1, 0.15) is 23.4 Å². The van der Waals surface area contributed by atoms with Crippen molar-refractivity contribution in [1.29, 1.82) is 0 Å². The van der Waals surface area contributed by atoms with Crippen LogP contribution in [0.1, 0.15) is 68.1 Å². The zero-order valence-corrected chi connectivity index (χ0v) is 20.4. The van der Waals surface area contributed by atoms with E-state index in [0.717, 1.165) is 12.5 Å². The van der Waals surface area contributed by atoms with Crippen LogP contribution in [0, 0.1) is 31.3 Å².